The lowest BCUT2D eigenvalue weighted by molar-refractivity contribution is 0.0921. The number of nitrogens with zero attached hydrogens (tertiary/aromatic N) is 5. The summed E-state index contributed by atoms with van der Waals surface area (Å²) in [5, 5.41) is 3.44. The third-order valence-electron chi connectivity index (χ3n) is 6.27. The second kappa shape index (κ2) is 12.7. The van der Waals surface area contributed by atoms with Gasteiger partial charge in [-0.1, -0.05) is 23.9 Å². The molecule has 5 rings (SSSR count). The number of furan rings is 1. The normalized spacial score (nSPS) is 13.5. The number of nitrogens with one attached hydrogen (secondary N) is 1. The van der Waals surface area contributed by atoms with E-state index in [2.05, 4.69) is 25.1 Å². The zero-order valence-corrected chi connectivity index (χ0v) is 22.4. The Kier molecular flexibility index (Phi) is 8.69. The number of benzene rings is 1. The first-order valence-corrected chi connectivity index (χ1v) is 13.6. The Bertz CT molecular complexity index is 1400. The SMILES string of the molecule is COCc1cc(N2CCN(c3ccccc3F)CC2)nc(SCc2ccc(C(=O)NCc3ccncc3)o2)n1. The summed E-state index contributed by atoms with van der Waals surface area (Å²) in [4.78, 5) is 30.1. The highest BCUT2D eigenvalue weighted by Crippen LogP contribution is 2.26. The van der Waals surface area contributed by atoms with Crippen LogP contribution >= 0.6 is 11.8 Å². The minimum atomic E-state index is -0.279. The Labute approximate surface area is 230 Å². The molecule has 3 aromatic heterocycles. The average Bonchev–Trinajstić information content (AvgIpc) is 3.45. The molecule has 39 heavy (non-hydrogen) atoms. The Morgan fingerprint density at radius 2 is 1.82 bits per heavy atom. The molecule has 1 aromatic carbocycles. The minimum Gasteiger partial charge on any atom is -0.455 e. The van der Waals surface area contributed by atoms with Gasteiger partial charge in [-0.05, 0) is 42.0 Å². The van der Waals surface area contributed by atoms with Crippen molar-refractivity contribution < 1.29 is 18.3 Å². The molecule has 11 heteroatoms. The highest BCUT2D eigenvalue weighted by molar-refractivity contribution is 7.98. The Hall–Kier alpha value is -3.96. The minimum absolute atomic E-state index is 0.207. The number of hydrogen-bond donors (Lipinski definition) is 1. The molecule has 1 amide bonds. The van der Waals surface area contributed by atoms with Crippen molar-refractivity contribution in [3.8, 4) is 0 Å². The molecule has 1 N–H and O–H groups in total. The number of piperazine rings is 1. The van der Waals surface area contributed by atoms with Crippen LogP contribution in [-0.2, 0) is 23.6 Å². The molecule has 1 saturated heterocycles. The first kappa shape index (κ1) is 26.6. The third-order valence-corrected chi connectivity index (χ3v) is 7.14. The number of methoxy groups -OCH3 is 1. The van der Waals surface area contributed by atoms with Gasteiger partial charge in [0.05, 0.1) is 23.7 Å². The quantitative estimate of drug-likeness (QED) is 0.230. The summed E-state index contributed by atoms with van der Waals surface area (Å²) in [7, 11) is 1.63. The van der Waals surface area contributed by atoms with E-state index in [4.69, 9.17) is 14.1 Å². The van der Waals surface area contributed by atoms with Crippen LogP contribution in [0.5, 0.6) is 0 Å². The summed E-state index contributed by atoms with van der Waals surface area (Å²) in [5.41, 5.74) is 2.36. The van der Waals surface area contributed by atoms with E-state index in [1.807, 2.05) is 30.3 Å². The number of aromatic nitrogens is 3. The van der Waals surface area contributed by atoms with E-state index in [1.165, 1.54) is 17.8 Å². The van der Waals surface area contributed by atoms with Crippen LogP contribution in [0.3, 0.4) is 0 Å². The topological polar surface area (TPSA) is 96.6 Å². The summed E-state index contributed by atoms with van der Waals surface area (Å²) in [6.45, 7) is 3.54. The van der Waals surface area contributed by atoms with E-state index in [9.17, 15) is 9.18 Å². The van der Waals surface area contributed by atoms with Crippen molar-refractivity contribution >= 4 is 29.2 Å². The number of ether oxygens (including phenoxy) is 1. The highest BCUT2D eigenvalue weighted by atomic mass is 32.2. The number of halogens is 1. The monoisotopic (exact) mass is 548 g/mol. The van der Waals surface area contributed by atoms with E-state index < -0.39 is 0 Å². The Morgan fingerprint density at radius 1 is 1.05 bits per heavy atom. The van der Waals surface area contributed by atoms with Crippen molar-refractivity contribution in [2.24, 2.45) is 0 Å². The zero-order chi connectivity index (χ0) is 27.0. The summed E-state index contributed by atoms with van der Waals surface area (Å²) in [6, 6.07) is 15.9. The van der Waals surface area contributed by atoms with Crippen LogP contribution in [0.25, 0.3) is 0 Å². The van der Waals surface area contributed by atoms with Crippen molar-refractivity contribution in [3.63, 3.8) is 0 Å². The van der Waals surface area contributed by atoms with Gasteiger partial charge in [0, 0.05) is 58.3 Å². The van der Waals surface area contributed by atoms with Gasteiger partial charge in [-0.3, -0.25) is 9.78 Å². The number of carbonyl (C=O) groups is 1. The van der Waals surface area contributed by atoms with Crippen LogP contribution in [0.1, 0.15) is 27.6 Å². The standard InChI is InChI=1S/C28H29FN6O3S/c1-37-18-21-16-26(35-14-12-34(13-15-35)24-5-3-2-4-23(24)29)33-28(32-21)39-19-22-6-7-25(38-22)27(36)31-17-20-8-10-30-11-9-20/h2-11,16H,12-15,17-19H2,1H3,(H,31,36). The van der Waals surface area contributed by atoms with Gasteiger partial charge in [0.25, 0.3) is 5.91 Å². The van der Waals surface area contributed by atoms with Gasteiger partial charge in [0.1, 0.15) is 17.4 Å². The molecule has 1 aliphatic heterocycles. The number of hydrogen-bond acceptors (Lipinski definition) is 9. The lowest BCUT2D eigenvalue weighted by Crippen LogP contribution is -2.47. The van der Waals surface area contributed by atoms with Gasteiger partial charge in [-0.2, -0.15) is 0 Å². The number of pyridine rings is 1. The molecule has 4 aromatic rings. The van der Waals surface area contributed by atoms with Crippen molar-refractivity contribution in [1.82, 2.24) is 20.3 Å². The van der Waals surface area contributed by atoms with Crippen LogP contribution in [0.2, 0.25) is 0 Å². The molecule has 0 bridgehead atoms. The van der Waals surface area contributed by atoms with E-state index in [0.29, 0.717) is 61.7 Å². The second-order valence-electron chi connectivity index (χ2n) is 8.95. The van der Waals surface area contributed by atoms with E-state index in [-0.39, 0.29) is 17.5 Å². The van der Waals surface area contributed by atoms with Gasteiger partial charge in [-0.25, -0.2) is 14.4 Å². The first-order chi connectivity index (χ1) is 19.1. The van der Waals surface area contributed by atoms with Crippen LogP contribution in [0, 0.1) is 5.82 Å². The highest BCUT2D eigenvalue weighted by Gasteiger charge is 2.21. The molecule has 0 unspecified atom stereocenters. The zero-order valence-electron chi connectivity index (χ0n) is 21.5. The maximum absolute atomic E-state index is 14.2. The Balaban J connectivity index is 1.20. The fourth-order valence-electron chi connectivity index (χ4n) is 4.28. The number of thioether (sulfide) groups is 1. The molecule has 0 saturated carbocycles. The van der Waals surface area contributed by atoms with E-state index in [1.54, 1.807) is 37.7 Å². The third kappa shape index (κ3) is 6.92. The molecular formula is C28H29FN6O3S. The fourth-order valence-corrected chi connectivity index (χ4v) is 5.04. The molecule has 0 radical (unpaired) electrons. The molecule has 9 nitrogen and oxygen atoms in total. The summed E-state index contributed by atoms with van der Waals surface area (Å²) < 4.78 is 25.3. The van der Waals surface area contributed by atoms with Crippen molar-refractivity contribution in [2.45, 2.75) is 24.1 Å². The van der Waals surface area contributed by atoms with Gasteiger partial charge in [0.15, 0.2) is 10.9 Å². The number of carbonyl (C=O) groups excluding carboxylic acids is 1. The molecule has 1 aliphatic rings. The van der Waals surface area contributed by atoms with Crippen molar-refractivity contribution in [1.29, 1.82) is 0 Å². The smallest absolute Gasteiger partial charge is 0.287 e. The summed E-state index contributed by atoms with van der Waals surface area (Å²) in [6.07, 6.45) is 3.37. The maximum Gasteiger partial charge on any atom is 0.287 e. The fraction of sp³-hybridized carbons (Fsp3) is 0.286. The van der Waals surface area contributed by atoms with Gasteiger partial charge in [-0.15, -0.1) is 0 Å². The average molecular weight is 549 g/mol. The van der Waals surface area contributed by atoms with Gasteiger partial charge < -0.3 is 24.3 Å². The van der Waals surface area contributed by atoms with E-state index >= 15 is 0 Å². The Morgan fingerprint density at radius 3 is 2.59 bits per heavy atom. The molecule has 0 spiro atoms. The molecule has 0 atom stereocenters. The number of rotatable bonds is 10. The molecule has 0 aliphatic carbocycles. The van der Waals surface area contributed by atoms with Crippen molar-refractivity contribution in [2.75, 3.05) is 43.1 Å². The maximum atomic E-state index is 14.2. The predicted molar refractivity (Wildman–Crippen MR) is 147 cm³/mol. The molecule has 4 heterocycles. The van der Waals surface area contributed by atoms with Crippen LogP contribution in [-0.4, -0.2) is 54.1 Å². The predicted octanol–water partition coefficient (Wildman–Crippen LogP) is 4.30. The lowest BCUT2D eigenvalue weighted by atomic mass is 10.2. The lowest BCUT2D eigenvalue weighted by Gasteiger charge is -2.37. The largest absolute Gasteiger partial charge is 0.455 e. The summed E-state index contributed by atoms with van der Waals surface area (Å²) in [5.74, 6) is 1.69. The molecule has 202 valence electrons. The molecular weight excluding hydrogens is 519 g/mol. The van der Waals surface area contributed by atoms with Crippen LogP contribution < -0.4 is 15.1 Å². The number of anilines is 2. The van der Waals surface area contributed by atoms with Crippen LogP contribution in [0.4, 0.5) is 15.9 Å². The van der Waals surface area contributed by atoms with Gasteiger partial charge in [0.2, 0.25) is 0 Å². The summed E-state index contributed by atoms with van der Waals surface area (Å²) >= 11 is 1.43. The van der Waals surface area contributed by atoms with Gasteiger partial charge >= 0.3 is 0 Å². The van der Waals surface area contributed by atoms with Crippen molar-refractivity contribution in [3.05, 3.63) is 95.6 Å². The number of amides is 1. The van der Waals surface area contributed by atoms with Crippen LogP contribution in [0.15, 0.2) is 76.6 Å². The molecule has 1 fully saturated rings. The van der Waals surface area contributed by atoms with E-state index in [0.717, 1.165) is 17.1 Å². The number of para-hydroxylation sites is 1. The second-order valence-corrected chi connectivity index (χ2v) is 9.89. The first-order valence-electron chi connectivity index (χ1n) is 12.6.